The number of rotatable bonds is 5. The van der Waals surface area contributed by atoms with E-state index in [1.807, 2.05) is 6.92 Å². The highest BCUT2D eigenvalue weighted by Crippen LogP contribution is 2.42. The summed E-state index contributed by atoms with van der Waals surface area (Å²) in [5.74, 6) is 0.732. The van der Waals surface area contributed by atoms with Crippen molar-refractivity contribution in [2.45, 2.75) is 66.3 Å². The molecule has 0 bridgehead atoms. The van der Waals surface area contributed by atoms with E-state index in [0.717, 1.165) is 31.2 Å². The first-order valence-electron chi connectivity index (χ1n) is 12.6. The van der Waals surface area contributed by atoms with Gasteiger partial charge < -0.3 is 9.64 Å². The van der Waals surface area contributed by atoms with Crippen LogP contribution in [-0.2, 0) is 17.6 Å². The monoisotopic (exact) mass is 508 g/mol. The van der Waals surface area contributed by atoms with Crippen molar-refractivity contribution in [1.82, 2.24) is 15.0 Å². The average Bonchev–Trinajstić information content (AvgIpc) is 3.23. The highest BCUT2D eigenvalue weighted by molar-refractivity contribution is 7.18. The number of anilines is 1. The fourth-order valence-electron chi connectivity index (χ4n) is 5.28. The molecule has 0 saturated carbocycles. The predicted octanol–water partition coefficient (Wildman–Crippen LogP) is 4.58. The van der Waals surface area contributed by atoms with Crippen LogP contribution < -0.4 is 15.2 Å². The Hall–Kier alpha value is -3.07. The van der Waals surface area contributed by atoms with E-state index < -0.39 is 6.04 Å². The van der Waals surface area contributed by atoms with Crippen LogP contribution in [0, 0.1) is 11.3 Å². The topological polar surface area (TPSA) is 94.4 Å². The van der Waals surface area contributed by atoms with Crippen LogP contribution in [0.15, 0.2) is 23.0 Å². The summed E-state index contributed by atoms with van der Waals surface area (Å²) in [6.07, 6.45) is 3.60. The van der Waals surface area contributed by atoms with Crippen molar-refractivity contribution in [2.75, 3.05) is 18.1 Å². The van der Waals surface area contributed by atoms with E-state index in [4.69, 9.17) is 4.74 Å². The summed E-state index contributed by atoms with van der Waals surface area (Å²) < 4.78 is 6.76. The summed E-state index contributed by atoms with van der Waals surface area (Å²) >= 11 is 1.56. The largest absolute Gasteiger partial charge is 0.482 e. The molecule has 2 aromatic heterocycles. The minimum Gasteiger partial charge on any atom is -0.482 e. The summed E-state index contributed by atoms with van der Waals surface area (Å²) in [7, 11) is 0. The first-order valence-corrected chi connectivity index (χ1v) is 13.4. The predicted molar refractivity (Wildman–Crippen MR) is 140 cm³/mol. The maximum Gasteiger partial charge on any atom is 0.279 e. The second-order valence-corrected chi connectivity index (χ2v) is 12.0. The molecule has 1 amide bonds. The Bertz CT molecular complexity index is 1420. The van der Waals surface area contributed by atoms with Gasteiger partial charge in [0.05, 0.1) is 11.1 Å². The molecule has 190 valence electrons. The van der Waals surface area contributed by atoms with Crippen molar-refractivity contribution in [3.8, 4) is 5.75 Å². The van der Waals surface area contributed by atoms with Crippen LogP contribution in [0.2, 0.25) is 0 Å². The number of ketones is 1. The molecule has 8 nitrogen and oxygen atoms in total. The van der Waals surface area contributed by atoms with Crippen molar-refractivity contribution < 1.29 is 14.3 Å². The maximum atomic E-state index is 13.6. The van der Waals surface area contributed by atoms with Crippen molar-refractivity contribution in [1.29, 1.82) is 0 Å². The van der Waals surface area contributed by atoms with Crippen LogP contribution in [0.4, 0.5) is 5.69 Å². The first kappa shape index (κ1) is 24.6. The smallest absolute Gasteiger partial charge is 0.279 e. The minimum absolute atomic E-state index is 0.0108. The highest BCUT2D eigenvalue weighted by atomic mass is 32.1. The summed E-state index contributed by atoms with van der Waals surface area (Å²) in [5.41, 5.74) is 1.99. The lowest BCUT2D eigenvalue weighted by Crippen LogP contribution is -2.39. The summed E-state index contributed by atoms with van der Waals surface area (Å²) in [4.78, 5) is 42.9. The summed E-state index contributed by atoms with van der Waals surface area (Å²) in [6.45, 7) is 11.0. The van der Waals surface area contributed by atoms with Crippen LogP contribution in [0.3, 0.4) is 0 Å². The van der Waals surface area contributed by atoms with Gasteiger partial charge in [0.1, 0.15) is 11.8 Å². The minimum atomic E-state index is -0.839. The van der Waals surface area contributed by atoms with E-state index >= 15 is 0 Å². The van der Waals surface area contributed by atoms with Gasteiger partial charge in [-0.15, -0.1) is 16.4 Å². The molecule has 0 saturated heterocycles. The molecule has 2 aliphatic rings. The second-order valence-electron chi connectivity index (χ2n) is 10.9. The molecule has 5 rings (SSSR count). The molecule has 9 heteroatoms. The zero-order chi connectivity index (χ0) is 25.8. The van der Waals surface area contributed by atoms with Gasteiger partial charge in [-0.25, -0.2) is 0 Å². The van der Waals surface area contributed by atoms with Gasteiger partial charge in [-0.2, -0.15) is 4.68 Å². The standard InChI is InChI=1S/C27H32N4O4S/c1-6-11-30-19-12-16(7-10-20(19)35-14-22(30)32)24(33)15(2)31-26(34)23-18-9-8-17(27(3,4)5)13-21(18)36-25(23)28-29-31/h7,10,12,15,17H,6,8-9,11,13-14H2,1-5H3. The van der Waals surface area contributed by atoms with Crippen molar-refractivity contribution >= 4 is 38.9 Å². The van der Waals surface area contributed by atoms with E-state index in [-0.39, 0.29) is 29.3 Å². The quantitative estimate of drug-likeness (QED) is 0.468. The van der Waals surface area contributed by atoms with E-state index in [0.29, 0.717) is 39.7 Å². The third kappa shape index (κ3) is 4.13. The number of amides is 1. The maximum absolute atomic E-state index is 13.6. The second kappa shape index (κ2) is 9.10. The Morgan fingerprint density at radius 3 is 2.78 bits per heavy atom. The van der Waals surface area contributed by atoms with Gasteiger partial charge in [-0.05, 0) is 67.7 Å². The van der Waals surface area contributed by atoms with Gasteiger partial charge >= 0.3 is 0 Å². The fraction of sp³-hybridized carbons (Fsp3) is 0.519. The number of fused-ring (bicyclic) bond motifs is 4. The third-order valence-electron chi connectivity index (χ3n) is 7.51. The van der Waals surface area contributed by atoms with Crippen molar-refractivity contribution in [3.63, 3.8) is 0 Å². The molecule has 1 aromatic carbocycles. The first-order chi connectivity index (χ1) is 17.1. The zero-order valence-electron chi connectivity index (χ0n) is 21.5. The lowest BCUT2D eigenvalue weighted by molar-refractivity contribution is -0.121. The van der Waals surface area contributed by atoms with Gasteiger partial charge in [0, 0.05) is 17.0 Å². The average molecular weight is 509 g/mol. The number of benzene rings is 1. The molecule has 3 heterocycles. The normalized spacial score (nSPS) is 18.5. The van der Waals surface area contributed by atoms with Gasteiger partial charge in [-0.3, -0.25) is 14.4 Å². The molecule has 2 atom stereocenters. The molecule has 3 aromatic rings. The zero-order valence-corrected chi connectivity index (χ0v) is 22.3. The molecule has 36 heavy (non-hydrogen) atoms. The van der Waals surface area contributed by atoms with E-state index in [1.54, 1.807) is 41.4 Å². The molecule has 0 N–H and O–H groups in total. The fourth-order valence-corrected chi connectivity index (χ4v) is 6.51. The summed E-state index contributed by atoms with van der Waals surface area (Å²) in [5, 5.41) is 9.12. The molecule has 2 unspecified atom stereocenters. The number of aryl methyl sites for hydroxylation is 1. The van der Waals surface area contributed by atoms with Gasteiger partial charge in [0.25, 0.3) is 11.5 Å². The number of carbonyl (C=O) groups excluding carboxylic acids is 2. The number of Topliss-reactive ketones (excluding diaryl/α,β-unsaturated/α-hetero) is 1. The molecule has 0 spiro atoms. The van der Waals surface area contributed by atoms with E-state index in [1.165, 1.54) is 9.56 Å². The number of carbonyl (C=O) groups is 2. The third-order valence-corrected chi connectivity index (χ3v) is 8.64. The number of ether oxygens (including phenoxy) is 1. The molecule has 0 radical (unpaired) electrons. The van der Waals surface area contributed by atoms with Crippen LogP contribution in [0.5, 0.6) is 5.75 Å². The van der Waals surface area contributed by atoms with Gasteiger partial charge in [0.15, 0.2) is 17.2 Å². The van der Waals surface area contributed by atoms with Crippen LogP contribution >= 0.6 is 11.3 Å². The van der Waals surface area contributed by atoms with E-state index in [2.05, 4.69) is 31.1 Å². The van der Waals surface area contributed by atoms with Crippen molar-refractivity contribution in [2.24, 2.45) is 11.3 Å². The Morgan fingerprint density at radius 1 is 1.28 bits per heavy atom. The van der Waals surface area contributed by atoms with Gasteiger partial charge in [0.2, 0.25) is 0 Å². The molecular formula is C27H32N4O4S. The van der Waals surface area contributed by atoms with Crippen LogP contribution in [0.25, 0.3) is 10.2 Å². The molecule has 1 aliphatic heterocycles. The van der Waals surface area contributed by atoms with Crippen LogP contribution in [-0.4, -0.2) is 39.8 Å². The molecule has 1 aliphatic carbocycles. The number of hydrogen-bond donors (Lipinski definition) is 0. The van der Waals surface area contributed by atoms with Gasteiger partial charge in [-0.1, -0.05) is 32.9 Å². The molecular weight excluding hydrogens is 476 g/mol. The lowest BCUT2D eigenvalue weighted by atomic mass is 9.72. The Morgan fingerprint density at radius 2 is 2.06 bits per heavy atom. The number of thiophene rings is 1. The SMILES string of the molecule is CCCN1C(=O)COc2ccc(C(=O)C(C)n3nnc4sc5c(c4c3=O)CCC(C(C)(C)C)C5)cc21. The number of hydrogen-bond acceptors (Lipinski definition) is 7. The Kier molecular flexibility index (Phi) is 6.22. The molecule has 0 fully saturated rings. The number of nitrogens with zero attached hydrogens (tertiary/aromatic N) is 4. The number of aromatic nitrogens is 3. The van der Waals surface area contributed by atoms with E-state index in [9.17, 15) is 14.4 Å². The Labute approximate surface area is 214 Å². The van der Waals surface area contributed by atoms with Crippen molar-refractivity contribution in [3.05, 3.63) is 44.6 Å². The Balaban J connectivity index is 1.48. The van der Waals surface area contributed by atoms with Crippen LogP contribution in [0.1, 0.15) is 74.3 Å². The lowest BCUT2D eigenvalue weighted by Gasteiger charge is -2.33. The summed E-state index contributed by atoms with van der Waals surface area (Å²) in [6, 6.07) is 4.22. The highest BCUT2D eigenvalue weighted by Gasteiger charge is 2.33.